The summed E-state index contributed by atoms with van der Waals surface area (Å²) in [5.41, 5.74) is 0. The van der Waals surface area contributed by atoms with Crippen LogP contribution < -0.4 is 9.47 Å². The molecule has 0 radical (unpaired) electrons. The number of halogens is 1. The number of ether oxygens (including phenoxy) is 2. The summed E-state index contributed by atoms with van der Waals surface area (Å²) in [6.45, 7) is 0. The SMILES string of the molecule is COc1ccccc1Oc1cccc(Cl)n1. The Kier molecular flexibility index (Phi) is 3.27. The lowest BCUT2D eigenvalue weighted by Gasteiger charge is -2.08. The van der Waals surface area contributed by atoms with E-state index in [2.05, 4.69) is 4.98 Å². The fourth-order valence-electron chi connectivity index (χ4n) is 1.26. The minimum atomic E-state index is 0.396. The Morgan fingerprint density at radius 2 is 1.75 bits per heavy atom. The van der Waals surface area contributed by atoms with Gasteiger partial charge in [0.1, 0.15) is 5.15 Å². The first kappa shape index (κ1) is 10.8. The second-order valence-corrected chi connectivity index (χ2v) is 3.44. The molecule has 1 heterocycles. The molecule has 0 atom stereocenters. The van der Waals surface area contributed by atoms with Gasteiger partial charge in [-0.15, -0.1) is 0 Å². The zero-order chi connectivity index (χ0) is 11.4. The Morgan fingerprint density at radius 3 is 2.44 bits per heavy atom. The summed E-state index contributed by atoms with van der Waals surface area (Å²) in [7, 11) is 1.59. The Labute approximate surface area is 98.6 Å². The van der Waals surface area contributed by atoms with Gasteiger partial charge < -0.3 is 9.47 Å². The van der Waals surface area contributed by atoms with Gasteiger partial charge in [0, 0.05) is 6.07 Å². The number of pyridine rings is 1. The molecule has 0 amide bonds. The highest BCUT2D eigenvalue weighted by Crippen LogP contribution is 2.30. The zero-order valence-corrected chi connectivity index (χ0v) is 9.44. The third-order valence-corrected chi connectivity index (χ3v) is 2.18. The highest BCUT2D eigenvalue weighted by Gasteiger charge is 2.04. The summed E-state index contributed by atoms with van der Waals surface area (Å²) in [5, 5.41) is 0.396. The predicted molar refractivity (Wildman–Crippen MR) is 62.3 cm³/mol. The van der Waals surface area contributed by atoms with Crippen molar-refractivity contribution in [1.82, 2.24) is 4.98 Å². The van der Waals surface area contributed by atoms with Crippen molar-refractivity contribution in [2.75, 3.05) is 7.11 Å². The van der Waals surface area contributed by atoms with Gasteiger partial charge in [-0.3, -0.25) is 0 Å². The number of benzene rings is 1. The Hall–Kier alpha value is -1.74. The van der Waals surface area contributed by atoms with Gasteiger partial charge in [0.2, 0.25) is 5.88 Å². The van der Waals surface area contributed by atoms with Crippen LogP contribution in [0.4, 0.5) is 0 Å². The van der Waals surface area contributed by atoms with E-state index in [0.717, 1.165) is 0 Å². The molecule has 0 N–H and O–H groups in total. The molecule has 0 fully saturated rings. The smallest absolute Gasteiger partial charge is 0.220 e. The highest BCUT2D eigenvalue weighted by molar-refractivity contribution is 6.29. The largest absolute Gasteiger partial charge is 0.493 e. The Balaban J connectivity index is 2.26. The standard InChI is InChI=1S/C12H10ClNO2/c1-15-9-5-2-3-6-10(9)16-12-8-4-7-11(13)14-12/h2-8H,1H3. The van der Waals surface area contributed by atoms with E-state index in [1.54, 1.807) is 31.4 Å². The molecule has 0 spiro atoms. The van der Waals surface area contributed by atoms with Gasteiger partial charge in [0.15, 0.2) is 11.5 Å². The van der Waals surface area contributed by atoms with E-state index in [-0.39, 0.29) is 0 Å². The molecule has 2 aromatic rings. The van der Waals surface area contributed by atoms with Gasteiger partial charge in [0.25, 0.3) is 0 Å². The second kappa shape index (κ2) is 4.86. The molecule has 0 saturated heterocycles. The molecule has 1 aromatic heterocycles. The van der Waals surface area contributed by atoms with Gasteiger partial charge >= 0.3 is 0 Å². The monoisotopic (exact) mass is 235 g/mol. The average Bonchev–Trinajstić information content (AvgIpc) is 2.30. The van der Waals surface area contributed by atoms with Gasteiger partial charge in [-0.1, -0.05) is 29.8 Å². The number of hydrogen-bond acceptors (Lipinski definition) is 3. The minimum Gasteiger partial charge on any atom is -0.493 e. The van der Waals surface area contributed by atoms with Crippen LogP contribution in [0.15, 0.2) is 42.5 Å². The van der Waals surface area contributed by atoms with E-state index in [0.29, 0.717) is 22.5 Å². The van der Waals surface area contributed by atoms with Crippen LogP contribution in [-0.4, -0.2) is 12.1 Å². The topological polar surface area (TPSA) is 31.4 Å². The van der Waals surface area contributed by atoms with E-state index >= 15 is 0 Å². The van der Waals surface area contributed by atoms with Crippen LogP contribution in [0.2, 0.25) is 5.15 Å². The minimum absolute atomic E-state index is 0.396. The van der Waals surface area contributed by atoms with E-state index in [9.17, 15) is 0 Å². The van der Waals surface area contributed by atoms with Crippen LogP contribution in [-0.2, 0) is 0 Å². The zero-order valence-electron chi connectivity index (χ0n) is 8.68. The maximum absolute atomic E-state index is 5.76. The van der Waals surface area contributed by atoms with Crippen molar-refractivity contribution in [1.29, 1.82) is 0 Å². The summed E-state index contributed by atoms with van der Waals surface area (Å²) in [5.74, 6) is 1.71. The second-order valence-electron chi connectivity index (χ2n) is 3.05. The predicted octanol–water partition coefficient (Wildman–Crippen LogP) is 3.54. The summed E-state index contributed by atoms with van der Waals surface area (Å²) in [6.07, 6.45) is 0. The molecule has 1 aromatic carbocycles. The number of rotatable bonds is 3. The fourth-order valence-corrected chi connectivity index (χ4v) is 1.42. The molecule has 4 heteroatoms. The maximum atomic E-state index is 5.76. The van der Waals surface area contributed by atoms with Crippen molar-refractivity contribution in [3.05, 3.63) is 47.6 Å². The third kappa shape index (κ3) is 2.44. The molecule has 0 aliphatic heterocycles. The molecule has 0 aliphatic rings. The van der Waals surface area contributed by atoms with Gasteiger partial charge in [0.05, 0.1) is 7.11 Å². The average molecular weight is 236 g/mol. The van der Waals surface area contributed by atoms with E-state index in [4.69, 9.17) is 21.1 Å². The van der Waals surface area contributed by atoms with Gasteiger partial charge in [-0.2, -0.15) is 0 Å². The molecular weight excluding hydrogens is 226 g/mol. The van der Waals surface area contributed by atoms with Crippen LogP contribution in [0, 0.1) is 0 Å². The van der Waals surface area contributed by atoms with Crippen LogP contribution in [0.5, 0.6) is 17.4 Å². The first-order valence-electron chi connectivity index (χ1n) is 4.73. The van der Waals surface area contributed by atoms with E-state index < -0.39 is 0 Å². The lowest BCUT2D eigenvalue weighted by Crippen LogP contribution is -1.91. The molecule has 16 heavy (non-hydrogen) atoms. The quantitative estimate of drug-likeness (QED) is 0.763. The fraction of sp³-hybridized carbons (Fsp3) is 0.0833. The third-order valence-electron chi connectivity index (χ3n) is 1.97. The number of aromatic nitrogens is 1. The first-order valence-corrected chi connectivity index (χ1v) is 5.11. The van der Waals surface area contributed by atoms with Crippen LogP contribution in [0.25, 0.3) is 0 Å². The summed E-state index contributed by atoms with van der Waals surface area (Å²) < 4.78 is 10.7. The van der Waals surface area contributed by atoms with Crippen molar-refractivity contribution in [2.24, 2.45) is 0 Å². The highest BCUT2D eigenvalue weighted by atomic mass is 35.5. The molecule has 0 bridgehead atoms. The van der Waals surface area contributed by atoms with Gasteiger partial charge in [-0.25, -0.2) is 4.98 Å². The molecular formula is C12H10ClNO2. The Bertz CT molecular complexity index is 488. The van der Waals surface area contributed by atoms with Crippen molar-refractivity contribution in [2.45, 2.75) is 0 Å². The molecule has 0 aliphatic carbocycles. The van der Waals surface area contributed by atoms with Crippen molar-refractivity contribution < 1.29 is 9.47 Å². The maximum Gasteiger partial charge on any atom is 0.220 e. The van der Waals surface area contributed by atoms with Crippen LogP contribution in [0.1, 0.15) is 0 Å². The summed E-state index contributed by atoms with van der Waals surface area (Å²) in [6, 6.07) is 12.6. The first-order chi connectivity index (χ1) is 7.79. The number of methoxy groups -OCH3 is 1. The lowest BCUT2D eigenvalue weighted by atomic mass is 10.3. The van der Waals surface area contributed by atoms with E-state index in [1.165, 1.54) is 0 Å². The molecule has 3 nitrogen and oxygen atoms in total. The number of para-hydroxylation sites is 2. The molecule has 82 valence electrons. The van der Waals surface area contributed by atoms with Crippen LogP contribution >= 0.6 is 11.6 Å². The summed E-state index contributed by atoms with van der Waals surface area (Å²) >= 11 is 5.76. The number of hydrogen-bond donors (Lipinski definition) is 0. The lowest BCUT2D eigenvalue weighted by molar-refractivity contribution is 0.374. The number of nitrogens with zero attached hydrogens (tertiary/aromatic N) is 1. The normalized spacial score (nSPS) is 9.88. The van der Waals surface area contributed by atoms with Crippen molar-refractivity contribution >= 4 is 11.6 Å². The molecule has 2 rings (SSSR count). The van der Waals surface area contributed by atoms with Gasteiger partial charge in [-0.05, 0) is 18.2 Å². The molecule has 0 unspecified atom stereocenters. The Morgan fingerprint density at radius 1 is 1.00 bits per heavy atom. The van der Waals surface area contributed by atoms with Crippen molar-refractivity contribution in [3.8, 4) is 17.4 Å². The van der Waals surface area contributed by atoms with Crippen LogP contribution in [0.3, 0.4) is 0 Å². The molecule has 0 saturated carbocycles. The van der Waals surface area contributed by atoms with E-state index in [1.807, 2.05) is 18.2 Å². The summed E-state index contributed by atoms with van der Waals surface area (Å²) in [4.78, 5) is 4.03. The van der Waals surface area contributed by atoms with Crippen molar-refractivity contribution in [3.63, 3.8) is 0 Å².